The lowest BCUT2D eigenvalue weighted by Crippen LogP contribution is -2.39. The normalized spacial score (nSPS) is 23.3. The van der Waals surface area contributed by atoms with Crippen LogP contribution in [0, 0.1) is 5.92 Å². The topological polar surface area (TPSA) is 55.5 Å². The van der Waals surface area contributed by atoms with Crippen molar-refractivity contribution in [1.29, 1.82) is 0 Å². The highest BCUT2D eigenvalue weighted by Crippen LogP contribution is 2.33. The molecule has 130 valence electrons. The molecule has 0 amide bonds. The molecule has 0 radical (unpaired) electrons. The van der Waals surface area contributed by atoms with Gasteiger partial charge in [-0.3, -0.25) is 0 Å². The summed E-state index contributed by atoms with van der Waals surface area (Å²) < 4.78 is 7.47. The summed E-state index contributed by atoms with van der Waals surface area (Å²) in [5.74, 6) is 2.70. The van der Waals surface area contributed by atoms with Crippen molar-refractivity contribution < 1.29 is 4.74 Å². The second kappa shape index (κ2) is 5.99. The highest BCUT2D eigenvalue weighted by molar-refractivity contribution is 5.47. The van der Waals surface area contributed by atoms with Crippen LogP contribution in [0.4, 0.5) is 5.82 Å². The van der Waals surface area contributed by atoms with Crippen molar-refractivity contribution in [2.45, 2.75) is 57.9 Å². The van der Waals surface area contributed by atoms with Gasteiger partial charge in [0.05, 0.1) is 0 Å². The van der Waals surface area contributed by atoms with E-state index in [0.29, 0.717) is 6.04 Å². The van der Waals surface area contributed by atoms with E-state index in [1.807, 2.05) is 10.6 Å². The summed E-state index contributed by atoms with van der Waals surface area (Å²) in [5.41, 5.74) is 0.751. The Morgan fingerprint density at radius 3 is 2.62 bits per heavy atom. The number of hydrogen-bond donors (Lipinski definition) is 0. The maximum atomic E-state index is 5.55. The molecular weight excluding hydrogens is 302 g/mol. The quantitative estimate of drug-likeness (QED) is 0.848. The molecule has 24 heavy (non-hydrogen) atoms. The van der Waals surface area contributed by atoms with Crippen molar-refractivity contribution in [3.63, 3.8) is 0 Å². The lowest BCUT2D eigenvalue weighted by molar-refractivity contribution is 0.0588. The largest absolute Gasteiger partial charge is 0.381 e. The van der Waals surface area contributed by atoms with Crippen LogP contribution in [-0.2, 0) is 10.2 Å². The Hall–Kier alpha value is -1.69. The van der Waals surface area contributed by atoms with Gasteiger partial charge < -0.3 is 9.64 Å². The first kappa shape index (κ1) is 15.8. The smallest absolute Gasteiger partial charge is 0.178 e. The van der Waals surface area contributed by atoms with E-state index < -0.39 is 0 Å². The number of hydrogen-bond acceptors (Lipinski definition) is 5. The van der Waals surface area contributed by atoms with Gasteiger partial charge in [0.25, 0.3) is 0 Å². The number of aromatic nitrogens is 4. The van der Waals surface area contributed by atoms with Gasteiger partial charge in [0, 0.05) is 31.2 Å². The molecule has 1 unspecified atom stereocenters. The lowest BCUT2D eigenvalue weighted by Gasteiger charge is -2.34. The summed E-state index contributed by atoms with van der Waals surface area (Å²) in [7, 11) is 0. The molecular formula is C18H27N5O. The van der Waals surface area contributed by atoms with Crippen LogP contribution < -0.4 is 4.90 Å². The third-order valence-electron chi connectivity index (χ3n) is 5.32. The van der Waals surface area contributed by atoms with Crippen molar-refractivity contribution in [3.8, 4) is 0 Å². The summed E-state index contributed by atoms with van der Waals surface area (Å²) in [6.45, 7) is 9.35. The zero-order valence-corrected chi connectivity index (χ0v) is 14.9. The van der Waals surface area contributed by atoms with Crippen molar-refractivity contribution in [2.24, 2.45) is 5.92 Å². The molecule has 0 bridgehead atoms. The van der Waals surface area contributed by atoms with Gasteiger partial charge in [0.1, 0.15) is 5.82 Å². The minimum Gasteiger partial charge on any atom is -0.381 e. The predicted octanol–water partition coefficient (Wildman–Crippen LogP) is 2.82. The Balaban J connectivity index is 1.67. The summed E-state index contributed by atoms with van der Waals surface area (Å²) in [4.78, 5) is 2.50. The van der Waals surface area contributed by atoms with Crippen molar-refractivity contribution in [3.05, 3.63) is 18.0 Å². The zero-order valence-electron chi connectivity index (χ0n) is 14.9. The van der Waals surface area contributed by atoms with E-state index in [4.69, 9.17) is 9.84 Å². The SMILES string of the molecule is CC(C)(C)c1nnc2ccc(N3CCCC3C3CCOCC3)nn12. The molecule has 2 aliphatic heterocycles. The third-order valence-corrected chi connectivity index (χ3v) is 5.32. The monoisotopic (exact) mass is 329 g/mol. The van der Waals surface area contributed by atoms with E-state index in [9.17, 15) is 0 Å². The second-order valence-electron chi connectivity index (χ2n) is 8.09. The van der Waals surface area contributed by atoms with E-state index in [1.54, 1.807) is 0 Å². The Kier molecular flexibility index (Phi) is 3.95. The Morgan fingerprint density at radius 2 is 1.88 bits per heavy atom. The van der Waals surface area contributed by atoms with Crippen LogP contribution in [0.1, 0.15) is 52.3 Å². The predicted molar refractivity (Wildman–Crippen MR) is 93.4 cm³/mol. The van der Waals surface area contributed by atoms with Gasteiger partial charge in [-0.25, -0.2) is 0 Å². The van der Waals surface area contributed by atoms with Gasteiger partial charge in [0.2, 0.25) is 0 Å². The summed E-state index contributed by atoms with van der Waals surface area (Å²) >= 11 is 0. The Labute approximate surface area is 143 Å². The molecule has 2 fully saturated rings. The molecule has 0 aliphatic carbocycles. The molecule has 4 heterocycles. The van der Waals surface area contributed by atoms with E-state index >= 15 is 0 Å². The van der Waals surface area contributed by atoms with Crippen LogP contribution in [0.25, 0.3) is 5.65 Å². The average Bonchev–Trinajstić information content (AvgIpc) is 3.21. The number of rotatable bonds is 2. The van der Waals surface area contributed by atoms with Crippen LogP contribution in [0.3, 0.4) is 0 Å². The maximum Gasteiger partial charge on any atom is 0.178 e. The third kappa shape index (κ3) is 2.77. The first-order valence-electron chi connectivity index (χ1n) is 9.11. The molecule has 1 atom stereocenters. The van der Waals surface area contributed by atoms with Crippen LogP contribution in [0.5, 0.6) is 0 Å². The maximum absolute atomic E-state index is 5.55. The molecule has 0 spiro atoms. The fraction of sp³-hybridized carbons (Fsp3) is 0.722. The van der Waals surface area contributed by atoms with E-state index in [-0.39, 0.29) is 5.41 Å². The van der Waals surface area contributed by atoms with E-state index in [0.717, 1.165) is 43.0 Å². The molecule has 0 N–H and O–H groups in total. The van der Waals surface area contributed by atoms with Gasteiger partial charge in [-0.05, 0) is 43.7 Å². The molecule has 0 saturated carbocycles. The minimum atomic E-state index is -0.0733. The first-order chi connectivity index (χ1) is 11.5. The number of ether oxygens (including phenoxy) is 1. The van der Waals surface area contributed by atoms with E-state index in [2.05, 4.69) is 41.9 Å². The second-order valence-corrected chi connectivity index (χ2v) is 8.09. The van der Waals surface area contributed by atoms with Gasteiger partial charge in [-0.1, -0.05) is 20.8 Å². The minimum absolute atomic E-state index is 0.0733. The average molecular weight is 329 g/mol. The van der Waals surface area contributed by atoms with Crippen LogP contribution >= 0.6 is 0 Å². The van der Waals surface area contributed by atoms with Crippen LogP contribution in [0.2, 0.25) is 0 Å². The van der Waals surface area contributed by atoms with Crippen molar-refractivity contribution in [2.75, 3.05) is 24.7 Å². The van der Waals surface area contributed by atoms with Crippen LogP contribution in [-0.4, -0.2) is 45.6 Å². The van der Waals surface area contributed by atoms with Gasteiger partial charge in [0.15, 0.2) is 11.5 Å². The molecule has 2 aromatic rings. The van der Waals surface area contributed by atoms with Gasteiger partial charge in [-0.2, -0.15) is 4.52 Å². The number of nitrogens with zero attached hydrogens (tertiary/aromatic N) is 5. The highest BCUT2D eigenvalue weighted by Gasteiger charge is 2.34. The standard InChI is InChI=1S/C18H27N5O/c1-18(2,3)17-20-19-15-6-7-16(21-23(15)17)22-10-4-5-14(22)13-8-11-24-12-9-13/h6-7,13-14H,4-5,8-12H2,1-3H3. The first-order valence-corrected chi connectivity index (χ1v) is 9.11. The molecule has 0 aromatic carbocycles. The molecule has 2 aromatic heterocycles. The highest BCUT2D eigenvalue weighted by atomic mass is 16.5. The summed E-state index contributed by atoms with van der Waals surface area (Å²) in [6.07, 6.45) is 4.85. The zero-order chi connectivity index (χ0) is 16.7. The van der Waals surface area contributed by atoms with Gasteiger partial charge in [-0.15, -0.1) is 15.3 Å². The number of fused-ring (bicyclic) bond motifs is 1. The molecule has 2 aliphatic rings. The summed E-state index contributed by atoms with van der Waals surface area (Å²) in [5, 5.41) is 13.6. The Morgan fingerprint density at radius 1 is 1.08 bits per heavy atom. The molecule has 2 saturated heterocycles. The van der Waals surface area contributed by atoms with Crippen molar-refractivity contribution >= 4 is 11.5 Å². The fourth-order valence-electron chi connectivity index (χ4n) is 4.07. The molecule has 6 heteroatoms. The van der Waals surface area contributed by atoms with E-state index in [1.165, 1.54) is 25.7 Å². The molecule has 4 rings (SSSR count). The number of anilines is 1. The van der Waals surface area contributed by atoms with Gasteiger partial charge >= 0.3 is 0 Å². The summed E-state index contributed by atoms with van der Waals surface area (Å²) in [6, 6.07) is 4.74. The fourth-order valence-corrected chi connectivity index (χ4v) is 4.07. The van der Waals surface area contributed by atoms with Crippen molar-refractivity contribution in [1.82, 2.24) is 19.8 Å². The lowest BCUT2D eigenvalue weighted by atomic mass is 9.90. The molecule has 6 nitrogen and oxygen atoms in total. The Bertz CT molecular complexity index is 714. The van der Waals surface area contributed by atoms with Crippen LogP contribution in [0.15, 0.2) is 12.1 Å².